The SMILES string of the molecule is CCCC(C/C(=N/N)N(N)COCCSI)C(=O)O. The number of nitrogens with zero attached hydrogens (tertiary/aromatic N) is 2. The monoisotopic (exact) mass is 404 g/mol. The van der Waals surface area contributed by atoms with Gasteiger partial charge in [-0.2, -0.15) is 5.10 Å². The highest BCUT2D eigenvalue weighted by Gasteiger charge is 2.21. The highest BCUT2D eigenvalue weighted by Crippen LogP contribution is 2.13. The number of hydrogen-bond acceptors (Lipinski definition) is 6. The third kappa shape index (κ3) is 8.50. The van der Waals surface area contributed by atoms with Crippen molar-refractivity contribution in [3.63, 3.8) is 0 Å². The van der Waals surface area contributed by atoms with Gasteiger partial charge in [0.05, 0.1) is 12.5 Å². The molecule has 5 N–H and O–H groups in total. The Morgan fingerprint density at radius 1 is 1.63 bits per heavy atom. The van der Waals surface area contributed by atoms with Crippen LogP contribution >= 0.6 is 30.1 Å². The van der Waals surface area contributed by atoms with E-state index in [0.717, 1.165) is 12.2 Å². The van der Waals surface area contributed by atoms with Gasteiger partial charge in [-0.15, -0.1) is 0 Å². The number of hydrazone groups is 1. The molecule has 0 aromatic heterocycles. The van der Waals surface area contributed by atoms with E-state index in [2.05, 4.69) is 26.3 Å². The Hall–Kier alpha value is -0.260. The van der Waals surface area contributed by atoms with Crippen LogP contribution in [-0.4, -0.2) is 41.0 Å². The van der Waals surface area contributed by atoms with Crippen molar-refractivity contribution in [2.24, 2.45) is 22.7 Å². The number of ether oxygens (including phenoxy) is 1. The summed E-state index contributed by atoms with van der Waals surface area (Å²) in [4.78, 5) is 11.1. The number of carboxylic acid groups (broad SMARTS) is 1. The van der Waals surface area contributed by atoms with Crippen molar-refractivity contribution in [1.29, 1.82) is 0 Å². The highest BCUT2D eigenvalue weighted by molar-refractivity contribution is 14.2. The van der Waals surface area contributed by atoms with Crippen molar-refractivity contribution in [2.45, 2.75) is 26.2 Å². The average molecular weight is 404 g/mol. The lowest BCUT2D eigenvalue weighted by atomic mass is 9.99. The van der Waals surface area contributed by atoms with Crippen LogP contribution in [0.15, 0.2) is 5.10 Å². The summed E-state index contributed by atoms with van der Waals surface area (Å²) in [5, 5.41) is 13.9. The van der Waals surface area contributed by atoms with Gasteiger partial charge in [0.2, 0.25) is 0 Å². The van der Waals surface area contributed by atoms with Gasteiger partial charge in [-0.1, -0.05) is 22.3 Å². The molecule has 1 unspecified atom stereocenters. The number of carboxylic acids is 1. The minimum absolute atomic E-state index is 0.145. The first kappa shape index (κ1) is 18.7. The predicted molar refractivity (Wildman–Crippen MR) is 85.6 cm³/mol. The maximum atomic E-state index is 11.1. The molecule has 0 aliphatic rings. The molecule has 0 heterocycles. The van der Waals surface area contributed by atoms with E-state index < -0.39 is 11.9 Å². The molecule has 0 aromatic carbocycles. The lowest BCUT2D eigenvalue weighted by molar-refractivity contribution is -0.141. The molecule has 19 heavy (non-hydrogen) atoms. The molecule has 1 atom stereocenters. The Morgan fingerprint density at radius 2 is 2.32 bits per heavy atom. The van der Waals surface area contributed by atoms with Gasteiger partial charge in [-0.25, -0.2) is 5.84 Å². The zero-order chi connectivity index (χ0) is 14.7. The van der Waals surface area contributed by atoms with E-state index in [1.54, 1.807) is 8.93 Å². The van der Waals surface area contributed by atoms with Gasteiger partial charge < -0.3 is 15.7 Å². The number of hydrogen-bond donors (Lipinski definition) is 3. The Kier molecular flexibility index (Phi) is 11.4. The first-order valence-corrected chi connectivity index (χ1v) is 9.42. The molecule has 0 radical (unpaired) electrons. The fraction of sp³-hybridized carbons (Fsp3) is 0.800. The Bertz CT molecular complexity index is 294. The van der Waals surface area contributed by atoms with Crippen LogP contribution < -0.4 is 11.7 Å². The number of halogens is 1. The zero-order valence-corrected chi connectivity index (χ0v) is 13.9. The molecule has 0 fully saturated rings. The fourth-order valence-corrected chi connectivity index (χ4v) is 2.17. The van der Waals surface area contributed by atoms with Gasteiger partial charge >= 0.3 is 5.97 Å². The summed E-state index contributed by atoms with van der Waals surface area (Å²) >= 11 is 2.18. The van der Waals surface area contributed by atoms with Crippen molar-refractivity contribution in [3.05, 3.63) is 0 Å². The largest absolute Gasteiger partial charge is 0.481 e. The third-order valence-corrected chi connectivity index (χ3v) is 4.07. The van der Waals surface area contributed by atoms with Crippen LogP contribution in [0.4, 0.5) is 0 Å². The summed E-state index contributed by atoms with van der Waals surface area (Å²) < 4.78 is 5.31. The van der Waals surface area contributed by atoms with E-state index in [-0.39, 0.29) is 13.2 Å². The molecule has 0 spiro atoms. The number of rotatable bonds is 10. The lowest BCUT2D eigenvalue weighted by Gasteiger charge is -2.22. The van der Waals surface area contributed by atoms with E-state index in [4.69, 9.17) is 21.5 Å². The van der Waals surface area contributed by atoms with Crippen LogP contribution in [0, 0.1) is 5.92 Å². The van der Waals surface area contributed by atoms with Gasteiger partial charge in [0.25, 0.3) is 0 Å². The second kappa shape index (κ2) is 11.6. The number of carbonyl (C=O) groups is 1. The quantitative estimate of drug-likeness (QED) is 0.0959. The van der Waals surface area contributed by atoms with Crippen molar-refractivity contribution in [2.75, 3.05) is 19.1 Å². The molecular weight excluding hydrogens is 383 g/mol. The van der Waals surface area contributed by atoms with Crippen LogP contribution in [0.2, 0.25) is 0 Å². The number of nitrogens with two attached hydrogens (primary N) is 2. The summed E-state index contributed by atoms with van der Waals surface area (Å²) in [6.45, 7) is 2.64. The number of amidine groups is 1. The van der Waals surface area contributed by atoms with E-state index in [1.165, 1.54) is 5.01 Å². The van der Waals surface area contributed by atoms with Gasteiger partial charge in [0.15, 0.2) is 0 Å². The number of hydrazine groups is 1. The standard InChI is InChI=1S/C10H21IN4O3S/c1-2-3-8(10(16)17)6-9(14-12)15(13)7-18-4-5-19-11/h8H,2-7,12-13H2,1H3,(H,16,17)/b14-9-. The van der Waals surface area contributed by atoms with Crippen LogP contribution in [0.1, 0.15) is 26.2 Å². The summed E-state index contributed by atoms with van der Waals surface area (Å²) in [6.07, 6.45) is 1.55. The normalized spacial score (nSPS) is 13.3. The van der Waals surface area contributed by atoms with Gasteiger partial charge in [0, 0.05) is 12.2 Å². The van der Waals surface area contributed by atoms with E-state index in [0.29, 0.717) is 18.9 Å². The highest BCUT2D eigenvalue weighted by atomic mass is 127. The van der Waals surface area contributed by atoms with Crippen LogP contribution in [0.3, 0.4) is 0 Å². The fourth-order valence-electron chi connectivity index (χ4n) is 1.45. The van der Waals surface area contributed by atoms with Gasteiger partial charge in [-0.3, -0.25) is 9.80 Å². The smallest absolute Gasteiger partial charge is 0.306 e. The Labute approximate surface area is 129 Å². The van der Waals surface area contributed by atoms with E-state index >= 15 is 0 Å². The van der Waals surface area contributed by atoms with Gasteiger partial charge in [0.1, 0.15) is 12.6 Å². The predicted octanol–water partition coefficient (Wildman–Crippen LogP) is 1.38. The first-order chi connectivity index (χ1) is 9.06. The molecule has 0 aromatic rings. The molecule has 7 nitrogen and oxygen atoms in total. The second-order valence-electron chi connectivity index (χ2n) is 3.89. The third-order valence-electron chi connectivity index (χ3n) is 2.43. The van der Waals surface area contributed by atoms with Crippen LogP contribution in [0.5, 0.6) is 0 Å². The van der Waals surface area contributed by atoms with Crippen LogP contribution in [0.25, 0.3) is 0 Å². The van der Waals surface area contributed by atoms with Crippen molar-refractivity contribution >= 4 is 41.9 Å². The van der Waals surface area contributed by atoms with E-state index in [1.807, 2.05) is 6.92 Å². The average Bonchev–Trinajstić information content (AvgIpc) is 2.39. The minimum Gasteiger partial charge on any atom is -0.481 e. The van der Waals surface area contributed by atoms with Crippen molar-refractivity contribution < 1.29 is 14.6 Å². The summed E-state index contributed by atoms with van der Waals surface area (Å²) in [7, 11) is 1.64. The summed E-state index contributed by atoms with van der Waals surface area (Å²) in [6, 6.07) is 0. The lowest BCUT2D eigenvalue weighted by Crippen LogP contribution is -2.41. The Morgan fingerprint density at radius 3 is 2.79 bits per heavy atom. The molecule has 0 saturated heterocycles. The Balaban J connectivity index is 4.27. The molecule has 0 aliphatic heterocycles. The van der Waals surface area contributed by atoms with E-state index in [9.17, 15) is 4.79 Å². The van der Waals surface area contributed by atoms with Crippen LogP contribution in [-0.2, 0) is 9.53 Å². The molecular formula is C10H21IN4O3S. The van der Waals surface area contributed by atoms with Gasteiger partial charge in [-0.05, 0) is 27.6 Å². The summed E-state index contributed by atoms with van der Waals surface area (Å²) in [5.74, 6) is 10.8. The molecule has 0 rings (SSSR count). The topological polar surface area (TPSA) is 114 Å². The molecule has 9 heteroatoms. The maximum Gasteiger partial charge on any atom is 0.306 e. The molecule has 0 saturated carbocycles. The first-order valence-electron chi connectivity index (χ1n) is 5.89. The zero-order valence-electron chi connectivity index (χ0n) is 10.9. The minimum atomic E-state index is -0.862. The van der Waals surface area contributed by atoms with Crippen molar-refractivity contribution in [1.82, 2.24) is 5.01 Å². The molecule has 0 amide bonds. The molecule has 112 valence electrons. The maximum absolute atomic E-state index is 11.1. The molecule has 0 bridgehead atoms. The second-order valence-corrected chi connectivity index (χ2v) is 6.39. The number of aliphatic carboxylic acids is 1. The summed E-state index contributed by atoms with van der Waals surface area (Å²) in [5.41, 5.74) is 0. The van der Waals surface area contributed by atoms with Crippen molar-refractivity contribution in [3.8, 4) is 0 Å². The molecule has 0 aliphatic carbocycles.